The summed E-state index contributed by atoms with van der Waals surface area (Å²) in [4.78, 5) is 6.79. The average molecular weight is 345 g/mol. The number of aliphatic imine (C=N–C) groups is 1. The standard InChI is InChI=1S/C16H32N4O2S/c1-3-17-16(20-10-5-6-14(2)13-20)18-9-11-23(21,22)19-12-15-7-4-8-15/h14-15,19H,3-13H2,1-2H3,(H,17,18). The largest absolute Gasteiger partial charge is 0.357 e. The van der Waals surface area contributed by atoms with Gasteiger partial charge in [-0.3, -0.25) is 4.99 Å². The first-order valence-corrected chi connectivity index (χ1v) is 10.7. The zero-order valence-corrected chi connectivity index (χ0v) is 15.4. The molecule has 2 rings (SSSR count). The molecular weight excluding hydrogens is 312 g/mol. The number of hydrogen-bond acceptors (Lipinski definition) is 3. The minimum atomic E-state index is -3.21. The summed E-state index contributed by atoms with van der Waals surface area (Å²) >= 11 is 0. The van der Waals surface area contributed by atoms with Crippen LogP contribution in [0.25, 0.3) is 0 Å². The molecule has 0 radical (unpaired) electrons. The van der Waals surface area contributed by atoms with Gasteiger partial charge in [0.05, 0.1) is 12.3 Å². The van der Waals surface area contributed by atoms with Crippen LogP contribution in [0.1, 0.15) is 46.0 Å². The van der Waals surface area contributed by atoms with Gasteiger partial charge in [-0.05, 0) is 44.4 Å². The molecule has 2 fully saturated rings. The van der Waals surface area contributed by atoms with Crippen molar-refractivity contribution in [3.63, 3.8) is 0 Å². The molecule has 2 aliphatic rings. The van der Waals surface area contributed by atoms with E-state index in [0.717, 1.165) is 38.4 Å². The van der Waals surface area contributed by atoms with Gasteiger partial charge in [0, 0.05) is 26.2 Å². The highest BCUT2D eigenvalue weighted by molar-refractivity contribution is 7.89. The second kappa shape index (κ2) is 8.87. The Hall–Kier alpha value is -0.820. The van der Waals surface area contributed by atoms with Gasteiger partial charge in [0.25, 0.3) is 0 Å². The van der Waals surface area contributed by atoms with Crippen molar-refractivity contribution in [2.45, 2.75) is 46.0 Å². The number of sulfonamides is 1. The molecule has 23 heavy (non-hydrogen) atoms. The summed E-state index contributed by atoms with van der Waals surface area (Å²) in [7, 11) is -3.21. The lowest BCUT2D eigenvalue weighted by Gasteiger charge is -2.33. The first-order chi connectivity index (χ1) is 11.0. The van der Waals surface area contributed by atoms with Crippen LogP contribution in [0.15, 0.2) is 4.99 Å². The molecule has 1 heterocycles. The molecule has 0 aromatic carbocycles. The van der Waals surface area contributed by atoms with Crippen LogP contribution in [0, 0.1) is 11.8 Å². The predicted octanol–water partition coefficient (Wildman–Crippen LogP) is 1.40. The van der Waals surface area contributed by atoms with Crippen molar-refractivity contribution >= 4 is 16.0 Å². The van der Waals surface area contributed by atoms with Gasteiger partial charge in [-0.1, -0.05) is 13.3 Å². The Bertz CT molecular complexity index is 488. The summed E-state index contributed by atoms with van der Waals surface area (Å²) in [6, 6.07) is 0. The number of hydrogen-bond donors (Lipinski definition) is 2. The van der Waals surface area contributed by atoms with E-state index >= 15 is 0 Å². The summed E-state index contributed by atoms with van der Waals surface area (Å²) in [5.41, 5.74) is 0. The Morgan fingerprint density at radius 2 is 2.04 bits per heavy atom. The van der Waals surface area contributed by atoms with Gasteiger partial charge in [0.15, 0.2) is 5.96 Å². The lowest BCUT2D eigenvalue weighted by molar-refractivity contribution is 0.266. The van der Waals surface area contributed by atoms with Crippen LogP contribution in [0.5, 0.6) is 0 Å². The average Bonchev–Trinajstić information content (AvgIpc) is 2.44. The Labute approximate surface area is 141 Å². The number of guanidine groups is 1. The molecule has 1 saturated heterocycles. The molecule has 2 N–H and O–H groups in total. The van der Waals surface area contributed by atoms with Crippen molar-refractivity contribution in [2.24, 2.45) is 16.8 Å². The second-order valence-electron chi connectivity index (χ2n) is 6.89. The molecule has 0 amide bonds. The molecule has 1 aliphatic carbocycles. The highest BCUT2D eigenvalue weighted by Crippen LogP contribution is 2.25. The number of piperidine rings is 1. The lowest BCUT2D eigenvalue weighted by Crippen LogP contribution is -2.46. The summed E-state index contributed by atoms with van der Waals surface area (Å²) < 4.78 is 26.8. The molecule has 0 spiro atoms. The van der Waals surface area contributed by atoms with Crippen LogP contribution >= 0.6 is 0 Å². The highest BCUT2D eigenvalue weighted by Gasteiger charge is 2.21. The van der Waals surface area contributed by atoms with Crippen LogP contribution in [-0.2, 0) is 10.0 Å². The summed E-state index contributed by atoms with van der Waals surface area (Å²) in [5, 5.41) is 3.29. The van der Waals surface area contributed by atoms with Crippen LogP contribution in [0.2, 0.25) is 0 Å². The van der Waals surface area contributed by atoms with Crippen molar-refractivity contribution in [1.82, 2.24) is 14.9 Å². The van der Waals surface area contributed by atoms with Gasteiger partial charge in [0.2, 0.25) is 10.0 Å². The van der Waals surface area contributed by atoms with Crippen molar-refractivity contribution in [1.29, 1.82) is 0 Å². The Morgan fingerprint density at radius 1 is 1.26 bits per heavy atom. The molecule has 1 saturated carbocycles. The van der Waals surface area contributed by atoms with E-state index in [4.69, 9.17) is 0 Å². The Morgan fingerprint density at radius 3 is 2.65 bits per heavy atom. The van der Waals surface area contributed by atoms with Crippen molar-refractivity contribution in [3.05, 3.63) is 0 Å². The monoisotopic (exact) mass is 344 g/mol. The third kappa shape index (κ3) is 6.30. The topological polar surface area (TPSA) is 73.8 Å². The molecule has 0 aromatic heterocycles. The Balaban J connectivity index is 1.81. The zero-order chi connectivity index (χ0) is 16.7. The number of rotatable bonds is 7. The van der Waals surface area contributed by atoms with Gasteiger partial charge in [-0.25, -0.2) is 13.1 Å². The molecule has 1 atom stereocenters. The van der Waals surface area contributed by atoms with Gasteiger partial charge in [0.1, 0.15) is 0 Å². The quantitative estimate of drug-likeness (QED) is 0.541. The van der Waals surface area contributed by atoms with E-state index in [-0.39, 0.29) is 5.75 Å². The van der Waals surface area contributed by atoms with E-state index in [1.54, 1.807) is 0 Å². The first kappa shape index (κ1) is 18.5. The maximum Gasteiger partial charge on any atom is 0.213 e. The molecule has 134 valence electrons. The fourth-order valence-electron chi connectivity index (χ4n) is 3.09. The van der Waals surface area contributed by atoms with E-state index < -0.39 is 10.0 Å². The molecule has 1 aliphatic heterocycles. The summed E-state index contributed by atoms with van der Waals surface area (Å²) in [6.07, 6.45) is 5.97. The van der Waals surface area contributed by atoms with Gasteiger partial charge >= 0.3 is 0 Å². The third-order valence-electron chi connectivity index (χ3n) is 4.73. The van der Waals surface area contributed by atoms with E-state index in [9.17, 15) is 8.42 Å². The SMILES string of the molecule is CCNC(=NCCS(=O)(=O)NCC1CCC1)N1CCCC(C)C1. The maximum atomic E-state index is 12.0. The van der Waals surface area contributed by atoms with Crippen molar-refractivity contribution < 1.29 is 8.42 Å². The smallest absolute Gasteiger partial charge is 0.213 e. The van der Waals surface area contributed by atoms with Crippen LogP contribution in [0.4, 0.5) is 0 Å². The van der Waals surface area contributed by atoms with Gasteiger partial charge in [-0.15, -0.1) is 0 Å². The molecule has 1 unspecified atom stereocenters. The van der Waals surface area contributed by atoms with E-state index in [1.807, 2.05) is 6.92 Å². The zero-order valence-electron chi connectivity index (χ0n) is 14.6. The number of likely N-dealkylation sites (tertiary alicyclic amines) is 1. The van der Waals surface area contributed by atoms with Gasteiger partial charge < -0.3 is 10.2 Å². The second-order valence-corrected chi connectivity index (χ2v) is 8.82. The van der Waals surface area contributed by atoms with Crippen LogP contribution in [-0.4, -0.2) is 57.8 Å². The van der Waals surface area contributed by atoms with Gasteiger partial charge in [-0.2, -0.15) is 0 Å². The lowest BCUT2D eigenvalue weighted by atomic mass is 9.86. The number of nitrogens with zero attached hydrogens (tertiary/aromatic N) is 2. The minimum Gasteiger partial charge on any atom is -0.357 e. The third-order valence-corrected chi connectivity index (χ3v) is 6.06. The molecule has 6 nitrogen and oxygen atoms in total. The summed E-state index contributed by atoms with van der Waals surface area (Å²) in [5.74, 6) is 2.13. The molecule has 7 heteroatoms. The minimum absolute atomic E-state index is 0.0675. The molecule has 0 aromatic rings. The number of nitrogens with one attached hydrogen (secondary N) is 2. The van der Waals surface area contributed by atoms with Crippen LogP contribution < -0.4 is 10.0 Å². The molecule has 0 bridgehead atoms. The fourth-order valence-corrected chi connectivity index (χ4v) is 4.06. The highest BCUT2D eigenvalue weighted by atomic mass is 32.2. The van der Waals surface area contributed by atoms with E-state index in [1.165, 1.54) is 19.3 Å². The first-order valence-electron chi connectivity index (χ1n) is 9.00. The predicted molar refractivity (Wildman–Crippen MR) is 95.1 cm³/mol. The van der Waals surface area contributed by atoms with Crippen LogP contribution in [0.3, 0.4) is 0 Å². The maximum absolute atomic E-state index is 12.0. The molecular formula is C16H32N4O2S. The van der Waals surface area contributed by atoms with E-state index in [0.29, 0.717) is 24.9 Å². The van der Waals surface area contributed by atoms with Crippen molar-refractivity contribution in [2.75, 3.05) is 38.5 Å². The van der Waals surface area contributed by atoms with Crippen molar-refractivity contribution in [3.8, 4) is 0 Å². The van der Waals surface area contributed by atoms with E-state index in [2.05, 4.69) is 26.9 Å². The summed E-state index contributed by atoms with van der Waals surface area (Å²) in [6.45, 7) is 8.01. The normalized spacial score (nSPS) is 23.7. The fraction of sp³-hybridized carbons (Fsp3) is 0.938. The Kier molecular flexibility index (Phi) is 7.14.